The molecule has 6 atom stereocenters. The number of aliphatic hydroxyl groups excluding tert-OH is 3. The van der Waals surface area contributed by atoms with E-state index in [-0.39, 0.29) is 82.8 Å². The minimum atomic E-state index is -1.48. The summed E-state index contributed by atoms with van der Waals surface area (Å²) in [5.41, 5.74) is 1.89. The lowest BCUT2D eigenvalue weighted by Gasteiger charge is -2.59. The average molecular weight is 863 g/mol. The largest absolute Gasteiger partial charge is 0.459 e. The first-order valence-electron chi connectivity index (χ1n) is 21.7. The van der Waals surface area contributed by atoms with Crippen LogP contribution in [0, 0.1) is 17.8 Å². The average Bonchev–Trinajstić information content (AvgIpc) is 3.25. The number of nitrogens with zero attached hydrogens (tertiary/aromatic N) is 2. The van der Waals surface area contributed by atoms with Gasteiger partial charge < -0.3 is 43.8 Å². The number of carbonyl (C=O) groups excluding carboxylic acids is 1. The SMILES string of the molecule is C=CCO[C@@]12Oc3ccc(Oc4ccc5ccccc5c4)cc3[C@H]3[C@H](CCCCO)[C@@H](CCCCO)C=C(C(=NOC(C)(C)C)C[C@@H]1N(CCOCCO)C(=O)OCCCl)[C@H]32. The minimum Gasteiger partial charge on any atom is -0.459 e. The van der Waals surface area contributed by atoms with Crippen LogP contribution < -0.4 is 9.47 Å². The number of alkyl halides is 1. The van der Waals surface area contributed by atoms with Crippen LogP contribution in [-0.4, -0.2) is 108 Å². The summed E-state index contributed by atoms with van der Waals surface area (Å²) in [6.07, 6.45) is 8.06. The molecule has 6 rings (SSSR count). The molecule has 0 bridgehead atoms. The van der Waals surface area contributed by atoms with Crippen molar-refractivity contribution >= 4 is 34.2 Å². The number of unbranched alkanes of at least 4 members (excludes halogenated alkanes) is 2. The molecule has 0 saturated heterocycles. The molecule has 61 heavy (non-hydrogen) atoms. The number of amides is 1. The zero-order valence-electron chi connectivity index (χ0n) is 35.8. The Bertz CT molecular complexity index is 1980. The molecule has 1 saturated carbocycles. The van der Waals surface area contributed by atoms with E-state index in [1.807, 2.05) is 63.2 Å². The first kappa shape index (κ1) is 46.3. The smallest absolute Gasteiger partial charge is 0.410 e. The molecule has 1 aliphatic heterocycles. The Morgan fingerprint density at radius 1 is 0.951 bits per heavy atom. The zero-order valence-corrected chi connectivity index (χ0v) is 36.6. The van der Waals surface area contributed by atoms with Gasteiger partial charge in [-0.15, -0.1) is 18.2 Å². The summed E-state index contributed by atoms with van der Waals surface area (Å²) in [6, 6.07) is 19.3. The topological polar surface area (TPSA) is 149 Å². The van der Waals surface area contributed by atoms with E-state index in [2.05, 4.69) is 30.9 Å². The van der Waals surface area contributed by atoms with E-state index in [0.717, 1.165) is 47.6 Å². The van der Waals surface area contributed by atoms with Crippen LogP contribution in [-0.2, 0) is 19.0 Å². The molecule has 0 radical (unpaired) electrons. The number of fused-ring (bicyclic) bond motifs is 3. The molecule has 2 aliphatic carbocycles. The molecule has 12 nitrogen and oxygen atoms in total. The Labute approximate surface area is 365 Å². The van der Waals surface area contributed by atoms with Crippen molar-refractivity contribution in [3.63, 3.8) is 0 Å². The predicted molar refractivity (Wildman–Crippen MR) is 236 cm³/mol. The summed E-state index contributed by atoms with van der Waals surface area (Å²) in [7, 11) is 0. The number of ether oxygens (including phenoxy) is 5. The van der Waals surface area contributed by atoms with Gasteiger partial charge in [-0.3, -0.25) is 4.90 Å². The van der Waals surface area contributed by atoms with E-state index in [1.165, 1.54) is 0 Å². The van der Waals surface area contributed by atoms with Crippen LogP contribution in [0.3, 0.4) is 0 Å². The van der Waals surface area contributed by atoms with Crippen molar-refractivity contribution in [1.82, 2.24) is 4.90 Å². The lowest BCUT2D eigenvalue weighted by atomic mass is 9.55. The van der Waals surface area contributed by atoms with Gasteiger partial charge in [0.15, 0.2) is 0 Å². The number of hydrogen-bond donors (Lipinski definition) is 3. The van der Waals surface area contributed by atoms with Gasteiger partial charge in [-0.1, -0.05) is 60.5 Å². The van der Waals surface area contributed by atoms with Gasteiger partial charge in [-0.05, 0) is 105 Å². The van der Waals surface area contributed by atoms with Gasteiger partial charge in [0.25, 0.3) is 0 Å². The molecule has 0 unspecified atom stereocenters. The van der Waals surface area contributed by atoms with E-state index in [9.17, 15) is 20.1 Å². The third-order valence-corrected chi connectivity index (χ3v) is 11.8. The number of oxime groups is 1. The second kappa shape index (κ2) is 21.8. The third-order valence-electron chi connectivity index (χ3n) is 11.7. The fourth-order valence-electron chi connectivity index (χ4n) is 9.18. The Balaban J connectivity index is 1.58. The second-order valence-electron chi connectivity index (χ2n) is 16.9. The van der Waals surface area contributed by atoms with E-state index in [4.69, 9.17) is 45.3 Å². The number of allylic oxidation sites excluding steroid dienone is 1. The summed E-state index contributed by atoms with van der Waals surface area (Å²) >= 11 is 6.04. The second-order valence-corrected chi connectivity index (χ2v) is 17.3. The van der Waals surface area contributed by atoms with Crippen LogP contribution >= 0.6 is 11.6 Å². The lowest BCUT2D eigenvalue weighted by molar-refractivity contribution is -0.256. The monoisotopic (exact) mass is 862 g/mol. The fraction of sp³-hybridized carbons (Fsp3) is 0.542. The summed E-state index contributed by atoms with van der Waals surface area (Å²) in [6.45, 7) is 10.2. The van der Waals surface area contributed by atoms with Crippen molar-refractivity contribution in [2.75, 3.05) is 58.7 Å². The van der Waals surface area contributed by atoms with Crippen LogP contribution in [0.5, 0.6) is 17.2 Å². The van der Waals surface area contributed by atoms with Gasteiger partial charge in [0.1, 0.15) is 35.5 Å². The van der Waals surface area contributed by atoms with Crippen LogP contribution in [0.25, 0.3) is 10.8 Å². The highest BCUT2D eigenvalue weighted by molar-refractivity contribution is 6.18. The molecule has 3 aromatic rings. The van der Waals surface area contributed by atoms with Gasteiger partial charge in [-0.25, -0.2) is 4.79 Å². The van der Waals surface area contributed by atoms with Gasteiger partial charge in [0.05, 0.1) is 43.9 Å². The summed E-state index contributed by atoms with van der Waals surface area (Å²) in [5, 5.41) is 36.4. The Kier molecular flexibility index (Phi) is 16.5. The van der Waals surface area contributed by atoms with Crippen molar-refractivity contribution in [3.05, 3.63) is 90.5 Å². The van der Waals surface area contributed by atoms with E-state index < -0.39 is 29.4 Å². The van der Waals surface area contributed by atoms with Crippen LogP contribution in [0.2, 0.25) is 0 Å². The van der Waals surface area contributed by atoms with E-state index in [1.54, 1.807) is 11.0 Å². The molecule has 1 fully saturated rings. The standard InChI is InChI=1S/C48H63ClN2O10/c1-5-25-58-48-43(51(21-27-56-28-24-54)46(55)57-26-20-49)32-41(50-61-47(2,3)4)39-30-35(14-8-10-22-52)38(15-9-11-23-53)44(45(39)48)40-31-37(18-19-42(40)60-48)59-36-17-16-33-12-6-7-13-34(33)29-36/h5-7,12-13,16-19,29-31,35,38,43-45,52-54H,1,8-11,14-15,20-28,32H2,2-4H3/t35-,38+,43-,44+,45+,48+/m0/s1. The maximum absolute atomic E-state index is 14.3. The third kappa shape index (κ3) is 11.1. The molecule has 332 valence electrons. The van der Waals surface area contributed by atoms with Crippen LogP contribution in [0.1, 0.15) is 77.2 Å². The molecule has 3 aromatic carbocycles. The van der Waals surface area contributed by atoms with Gasteiger partial charge in [0, 0.05) is 37.7 Å². The maximum Gasteiger partial charge on any atom is 0.410 e. The van der Waals surface area contributed by atoms with Gasteiger partial charge in [-0.2, -0.15) is 0 Å². The molecule has 1 heterocycles. The van der Waals surface area contributed by atoms with Gasteiger partial charge >= 0.3 is 6.09 Å². The molecule has 3 N–H and O–H groups in total. The summed E-state index contributed by atoms with van der Waals surface area (Å²) < 4.78 is 32.4. The quantitative estimate of drug-likeness (QED) is 0.0388. The number of carbonyl (C=O) groups is 1. The number of hydrogen-bond acceptors (Lipinski definition) is 11. The van der Waals surface area contributed by atoms with Crippen molar-refractivity contribution in [2.24, 2.45) is 22.9 Å². The highest BCUT2D eigenvalue weighted by Gasteiger charge is 2.65. The number of benzene rings is 3. The first-order chi connectivity index (χ1) is 29.6. The lowest BCUT2D eigenvalue weighted by Crippen LogP contribution is -2.70. The van der Waals surface area contributed by atoms with Crippen molar-refractivity contribution < 1.29 is 48.6 Å². The van der Waals surface area contributed by atoms with E-state index >= 15 is 0 Å². The maximum atomic E-state index is 14.3. The Hall–Kier alpha value is -4.17. The number of rotatable bonds is 22. The molecule has 0 spiro atoms. The van der Waals surface area contributed by atoms with Crippen LogP contribution in [0.15, 0.2) is 90.1 Å². The molecule has 3 aliphatic rings. The summed E-state index contributed by atoms with van der Waals surface area (Å²) in [5.74, 6) is -0.128. The first-order valence-corrected chi connectivity index (χ1v) is 22.2. The Morgan fingerprint density at radius 3 is 2.41 bits per heavy atom. The van der Waals surface area contributed by atoms with Crippen molar-refractivity contribution in [3.8, 4) is 17.2 Å². The molecule has 1 amide bonds. The summed E-state index contributed by atoms with van der Waals surface area (Å²) in [4.78, 5) is 22.1. The molecule has 13 heteroatoms. The zero-order chi connectivity index (χ0) is 43.4. The predicted octanol–water partition coefficient (Wildman–Crippen LogP) is 8.75. The normalized spacial score (nSPS) is 23.7. The van der Waals surface area contributed by atoms with Crippen molar-refractivity contribution in [1.29, 1.82) is 0 Å². The molecular formula is C48H63ClN2O10. The Morgan fingerprint density at radius 2 is 1.69 bits per heavy atom. The van der Waals surface area contributed by atoms with Gasteiger partial charge in [0.2, 0.25) is 5.79 Å². The number of halogens is 1. The van der Waals surface area contributed by atoms with E-state index in [0.29, 0.717) is 35.8 Å². The van der Waals surface area contributed by atoms with Crippen molar-refractivity contribution in [2.45, 2.75) is 89.1 Å². The van der Waals surface area contributed by atoms with Crippen LogP contribution in [0.4, 0.5) is 4.79 Å². The highest BCUT2D eigenvalue weighted by atomic mass is 35.5. The number of aliphatic hydroxyl groups is 3. The molecular weight excluding hydrogens is 800 g/mol. The minimum absolute atomic E-state index is 0.0148. The highest BCUT2D eigenvalue weighted by Crippen LogP contribution is 2.62. The molecule has 0 aromatic heterocycles. The fourth-order valence-corrected chi connectivity index (χ4v) is 9.26.